The van der Waals surface area contributed by atoms with Crippen LogP contribution < -0.4 is 11.0 Å². The van der Waals surface area contributed by atoms with Crippen molar-refractivity contribution in [3.8, 4) is 0 Å². The molecule has 2 rings (SSSR count). The van der Waals surface area contributed by atoms with Crippen molar-refractivity contribution in [2.45, 2.75) is 26.7 Å². The van der Waals surface area contributed by atoms with Crippen LogP contribution in [0.4, 0.5) is 5.95 Å². The van der Waals surface area contributed by atoms with Gasteiger partial charge in [-0.25, -0.2) is 10.4 Å². The van der Waals surface area contributed by atoms with Gasteiger partial charge in [0.1, 0.15) is 0 Å². The number of rotatable bonds is 5. The molecule has 0 bridgehead atoms. The van der Waals surface area contributed by atoms with Gasteiger partial charge in [0.2, 0.25) is 5.95 Å². The lowest BCUT2D eigenvalue weighted by atomic mass is 10.1. The highest BCUT2D eigenvalue weighted by atomic mass is 16.1. The molecule has 0 atom stereocenters. The average Bonchev–Trinajstić information content (AvgIpc) is 2.43. The molecule has 1 aromatic carbocycles. The Hall–Kier alpha value is -2.43. The molecule has 0 aliphatic heterocycles. The fourth-order valence-corrected chi connectivity index (χ4v) is 1.81. The number of aromatic amines is 1. The summed E-state index contributed by atoms with van der Waals surface area (Å²) in [5.41, 5.74) is 5.50. The molecule has 0 saturated carbocycles. The number of aromatic nitrogens is 2. The van der Waals surface area contributed by atoms with Gasteiger partial charge in [-0.1, -0.05) is 30.3 Å². The molecule has 0 aliphatic rings. The van der Waals surface area contributed by atoms with E-state index in [4.69, 9.17) is 0 Å². The van der Waals surface area contributed by atoms with Crippen molar-refractivity contribution < 1.29 is 0 Å². The van der Waals surface area contributed by atoms with Crippen LogP contribution in [-0.4, -0.2) is 15.7 Å². The summed E-state index contributed by atoms with van der Waals surface area (Å²) in [5, 5.41) is 4.23. The first-order valence-corrected chi connectivity index (χ1v) is 6.54. The number of nitrogens with zero attached hydrogens (tertiary/aromatic N) is 2. The summed E-state index contributed by atoms with van der Waals surface area (Å²) in [6.07, 6.45) is 1.79. The van der Waals surface area contributed by atoms with Crippen molar-refractivity contribution in [2.75, 3.05) is 5.43 Å². The van der Waals surface area contributed by atoms with E-state index in [0.717, 1.165) is 18.6 Å². The van der Waals surface area contributed by atoms with Crippen molar-refractivity contribution in [1.82, 2.24) is 9.97 Å². The van der Waals surface area contributed by atoms with Crippen LogP contribution in [0.1, 0.15) is 24.6 Å². The Morgan fingerprint density at radius 3 is 2.80 bits per heavy atom. The SMILES string of the molecule is C/C(CCc1ccccc1)=N/Nc1nc(C)cc(=O)[nH]1. The predicted molar refractivity (Wildman–Crippen MR) is 81.1 cm³/mol. The summed E-state index contributed by atoms with van der Waals surface area (Å²) in [6, 6.07) is 11.7. The molecule has 0 aliphatic carbocycles. The van der Waals surface area contributed by atoms with Crippen LogP contribution in [0.25, 0.3) is 0 Å². The van der Waals surface area contributed by atoms with Crippen molar-refractivity contribution in [3.05, 3.63) is 58.0 Å². The molecule has 0 amide bonds. The standard InChI is InChI=1S/C15H18N4O/c1-11(8-9-13-6-4-3-5-7-13)18-19-15-16-12(2)10-14(20)17-15/h3-7,10H,8-9H2,1-2H3,(H2,16,17,19,20)/b18-11-. The van der Waals surface area contributed by atoms with E-state index < -0.39 is 0 Å². The van der Waals surface area contributed by atoms with E-state index in [9.17, 15) is 4.79 Å². The third kappa shape index (κ3) is 4.35. The molecular formula is C15H18N4O. The molecule has 0 spiro atoms. The molecule has 0 radical (unpaired) electrons. The van der Waals surface area contributed by atoms with Gasteiger partial charge in [-0.05, 0) is 32.3 Å². The first-order valence-electron chi connectivity index (χ1n) is 6.54. The third-order valence-corrected chi connectivity index (χ3v) is 2.84. The smallest absolute Gasteiger partial charge is 0.252 e. The first-order chi connectivity index (χ1) is 9.63. The molecule has 0 fully saturated rings. The zero-order valence-corrected chi connectivity index (χ0v) is 11.7. The summed E-state index contributed by atoms with van der Waals surface area (Å²) in [6.45, 7) is 3.72. The summed E-state index contributed by atoms with van der Waals surface area (Å²) < 4.78 is 0. The minimum absolute atomic E-state index is 0.183. The zero-order valence-electron chi connectivity index (χ0n) is 11.7. The van der Waals surface area contributed by atoms with Crippen LogP contribution in [0.15, 0.2) is 46.3 Å². The molecule has 2 aromatic rings. The Kier molecular flexibility index (Phi) is 4.65. The van der Waals surface area contributed by atoms with Crippen LogP contribution in [0.5, 0.6) is 0 Å². The number of benzene rings is 1. The molecule has 1 heterocycles. The maximum atomic E-state index is 11.3. The summed E-state index contributed by atoms with van der Waals surface area (Å²) in [4.78, 5) is 18.0. The molecule has 5 heteroatoms. The Morgan fingerprint density at radius 2 is 2.10 bits per heavy atom. The fraction of sp³-hybridized carbons (Fsp3) is 0.267. The van der Waals surface area contributed by atoms with Gasteiger partial charge >= 0.3 is 0 Å². The van der Waals surface area contributed by atoms with E-state index in [1.165, 1.54) is 11.6 Å². The van der Waals surface area contributed by atoms with E-state index in [0.29, 0.717) is 11.6 Å². The summed E-state index contributed by atoms with van der Waals surface area (Å²) >= 11 is 0. The topological polar surface area (TPSA) is 70.1 Å². The predicted octanol–water partition coefficient (Wildman–Crippen LogP) is 2.50. The quantitative estimate of drug-likeness (QED) is 0.648. The number of hydrogen-bond donors (Lipinski definition) is 2. The first kappa shape index (κ1) is 14.0. The van der Waals surface area contributed by atoms with Crippen molar-refractivity contribution in [2.24, 2.45) is 5.10 Å². The van der Waals surface area contributed by atoms with Crippen molar-refractivity contribution in [1.29, 1.82) is 0 Å². The highest BCUT2D eigenvalue weighted by molar-refractivity contribution is 5.82. The van der Waals surface area contributed by atoms with Gasteiger partial charge in [-0.15, -0.1) is 0 Å². The lowest BCUT2D eigenvalue weighted by Crippen LogP contribution is -2.11. The number of hydrazone groups is 1. The third-order valence-electron chi connectivity index (χ3n) is 2.84. The van der Waals surface area contributed by atoms with E-state index in [2.05, 4.69) is 32.6 Å². The van der Waals surface area contributed by atoms with Gasteiger partial charge in [0.15, 0.2) is 0 Å². The monoisotopic (exact) mass is 270 g/mol. The van der Waals surface area contributed by atoms with Crippen LogP contribution in [0.3, 0.4) is 0 Å². The maximum absolute atomic E-state index is 11.3. The van der Waals surface area contributed by atoms with E-state index in [1.54, 1.807) is 6.92 Å². The maximum Gasteiger partial charge on any atom is 0.252 e. The van der Waals surface area contributed by atoms with Gasteiger partial charge < -0.3 is 0 Å². The van der Waals surface area contributed by atoms with Crippen LogP contribution in [0.2, 0.25) is 0 Å². The Balaban J connectivity index is 1.92. The number of nitrogens with one attached hydrogen (secondary N) is 2. The number of anilines is 1. The van der Waals surface area contributed by atoms with E-state index in [-0.39, 0.29) is 5.56 Å². The lowest BCUT2D eigenvalue weighted by Gasteiger charge is -2.03. The number of hydrogen-bond acceptors (Lipinski definition) is 4. The van der Waals surface area contributed by atoms with E-state index >= 15 is 0 Å². The van der Waals surface area contributed by atoms with E-state index in [1.807, 2.05) is 25.1 Å². The Morgan fingerprint density at radius 1 is 1.35 bits per heavy atom. The van der Waals surface area contributed by atoms with Crippen LogP contribution in [0, 0.1) is 6.92 Å². The van der Waals surface area contributed by atoms with Gasteiger partial charge in [0, 0.05) is 17.5 Å². The molecule has 2 N–H and O–H groups in total. The minimum Gasteiger partial charge on any atom is -0.291 e. The highest BCUT2D eigenvalue weighted by Gasteiger charge is 1.98. The minimum atomic E-state index is -0.183. The van der Waals surface area contributed by atoms with Gasteiger partial charge in [0.05, 0.1) is 0 Å². The Bertz CT molecular complexity index is 646. The summed E-state index contributed by atoms with van der Waals surface area (Å²) in [7, 11) is 0. The largest absolute Gasteiger partial charge is 0.291 e. The zero-order chi connectivity index (χ0) is 14.4. The second-order valence-electron chi connectivity index (χ2n) is 4.68. The van der Waals surface area contributed by atoms with Crippen LogP contribution >= 0.6 is 0 Å². The average molecular weight is 270 g/mol. The van der Waals surface area contributed by atoms with Crippen molar-refractivity contribution in [3.63, 3.8) is 0 Å². The van der Waals surface area contributed by atoms with Crippen molar-refractivity contribution >= 4 is 11.7 Å². The molecule has 0 saturated heterocycles. The van der Waals surface area contributed by atoms with Gasteiger partial charge in [0.25, 0.3) is 5.56 Å². The van der Waals surface area contributed by atoms with Crippen LogP contribution in [-0.2, 0) is 6.42 Å². The molecule has 0 unspecified atom stereocenters. The molecule has 104 valence electrons. The molecule has 5 nitrogen and oxygen atoms in total. The second kappa shape index (κ2) is 6.65. The Labute approximate surface area is 117 Å². The molecular weight excluding hydrogens is 252 g/mol. The highest BCUT2D eigenvalue weighted by Crippen LogP contribution is 2.04. The van der Waals surface area contributed by atoms with Gasteiger partial charge in [-0.2, -0.15) is 5.10 Å². The molecule has 1 aromatic heterocycles. The van der Waals surface area contributed by atoms with Gasteiger partial charge in [-0.3, -0.25) is 9.78 Å². The second-order valence-corrected chi connectivity index (χ2v) is 4.68. The lowest BCUT2D eigenvalue weighted by molar-refractivity contribution is 1.01. The summed E-state index contributed by atoms with van der Waals surface area (Å²) in [5.74, 6) is 0.370. The fourth-order valence-electron chi connectivity index (χ4n) is 1.81. The normalized spacial score (nSPS) is 11.4. The number of H-pyrrole nitrogens is 1. The molecule has 20 heavy (non-hydrogen) atoms. The number of aryl methyl sites for hydroxylation is 2.